The van der Waals surface area contributed by atoms with E-state index in [2.05, 4.69) is 0 Å². The number of rotatable bonds is 5. The number of hydrogen-bond donors (Lipinski definition) is 1. The lowest BCUT2D eigenvalue weighted by molar-refractivity contribution is -0.131. The number of carboxylic acid groups (broad SMARTS) is 1. The summed E-state index contributed by atoms with van der Waals surface area (Å²) in [6.07, 6.45) is 1.72. The Morgan fingerprint density at radius 3 is 2.35 bits per heavy atom. The number of benzene rings is 2. The second-order valence-corrected chi connectivity index (χ2v) is 5.52. The molecule has 1 N–H and O–H groups in total. The van der Waals surface area contributed by atoms with Crippen LogP contribution in [0, 0.1) is 6.92 Å². The van der Waals surface area contributed by atoms with Gasteiger partial charge in [-0.3, -0.25) is 0 Å². The van der Waals surface area contributed by atoms with E-state index in [-0.39, 0.29) is 0 Å². The maximum Gasteiger partial charge on any atom is 0.342 e. The molecule has 0 saturated carbocycles. The number of aliphatic carboxylic acids is 1. The summed E-state index contributed by atoms with van der Waals surface area (Å²) in [5, 5.41) is 9.28. The van der Waals surface area contributed by atoms with Gasteiger partial charge in [-0.1, -0.05) is 60.2 Å². The Morgan fingerprint density at radius 2 is 1.75 bits per heavy atom. The van der Waals surface area contributed by atoms with Gasteiger partial charge in [0.15, 0.2) is 0 Å². The van der Waals surface area contributed by atoms with Crippen LogP contribution in [0.5, 0.6) is 0 Å². The third-order valence-electron chi connectivity index (χ3n) is 2.82. The maximum absolute atomic E-state index is 11.3. The summed E-state index contributed by atoms with van der Waals surface area (Å²) in [5.74, 6) is -0.225. The Hall–Kier alpha value is -2.00. The number of carboxylic acids is 1. The van der Waals surface area contributed by atoms with E-state index in [1.807, 2.05) is 61.5 Å². The van der Waals surface area contributed by atoms with Crippen molar-refractivity contribution in [3.05, 3.63) is 76.2 Å². The normalized spacial score (nSPS) is 11.3. The van der Waals surface area contributed by atoms with E-state index < -0.39 is 5.97 Å². The van der Waals surface area contributed by atoms with E-state index >= 15 is 0 Å². The topological polar surface area (TPSA) is 37.3 Å². The molecule has 0 heterocycles. The minimum absolute atomic E-state index is 0.359. The predicted molar refractivity (Wildman–Crippen MR) is 84.5 cm³/mol. The number of carbonyl (C=O) groups is 1. The van der Waals surface area contributed by atoms with Gasteiger partial charge < -0.3 is 5.11 Å². The van der Waals surface area contributed by atoms with Crippen LogP contribution in [0.1, 0.15) is 16.7 Å². The Labute approximate surface area is 123 Å². The fourth-order valence-electron chi connectivity index (χ4n) is 1.71. The molecule has 0 unspecified atom stereocenters. The summed E-state index contributed by atoms with van der Waals surface area (Å²) < 4.78 is 0. The van der Waals surface area contributed by atoms with Gasteiger partial charge in [0.2, 0.25) is 0 Å². The van der Waals surface area contributed by atoms with Crippen molar-refractivity contribution in [2.24, 2.45) is 0 Å². The standard InChI is InChI=1S/C17H16O2S/c1-13-7-9-14(10-8-13)11-16(17(18)19)20-12-15-5-3-2-4-6-15/h2-11H,12H2,1H3,(H,18,19). The zero-order valence-electron chi connectivity index (χ0n) is 11.2. The van der Waals surface area contributed by atoms with Crippen molar-refractivity contribution in [3.63, 3.8) is 0 Å². The smallest absolute Gasteiger partial charge is 0.342 e. The van der Waals surface area contributed by atoms with E-state index in [9.17, 15) is 9.90 Å². The van der Waals surface area contributed by atoms with Crippen molar-refractivity contribution in [2.45, 2.75) is 12.7 Å². The molecule has 0 spiro atoms. The van der Waals surface area contributed by atoms with E-state index in [1.165, 1.54) is 11.8 Å². The monoisotopic (exact) mass is 284 g/mol. The highest BCUT2D eigenvalue weighted by atomic mass is 32.2. The Kier molecular flexibility index (Phi) is 5.02. The van der Waals surface area contributed by atoms with Gasteiger partial charge in [0.1, 0.15) is 0 Å². The number of thioether (sulfide) groups is 1. The summed E-state index contributed by atoms with van der Waals surface area (Å²) in [5.41, 5.74) is 3.19. The van der Waals surface area contributed by atoms with Crippen molar-refractivity contribution >= 4 is 23.8 Å². The van der Waals surface area contributed by atoms with Gasteiger partial charge in [-0.2, -0.15) is 0 Å². The predicted octanol–water partition coefficient (Wildman–Crippen LogP) is 4.35. The van der Waals surface area contributed by atoms with Crippen molar-refractivity contribution < 1.29 is 9.90 Å². The fourth-order valence-corrected chi connectivity index (χ4v) is 2.57. The largest absolute Gasteiger partial charge is 0.477 e. The molecule has 102 valence electrons. The van der Waals surface area contributed by atoms with Crippen LogP contribution in [0.15, 0.2) is 59.5 Å². The minimum Gasteiger partial charge on any atom is -0.477 e. The van der Waals surface area contributed by atoms with Crippen LogP contribution in [0.3, 0.4) is 0 Å². The van der Waals surface area contributed by atoms with Crippen molar-refractivity contribution in [1.29, 1.82) is 0 Å². The molecule has 0 aliphatic rings. The minimum atomic E-state index is -0.883. The average Bonchev–Trinajstić information content (AvgIpc) is 2.46. The third kappa shape index (κ3) is 4.28. The molecule has 2 rings (SSSR count). The molecular weight excluding hydrogens is 268 g/mol. The quantitative estimate of drug-likeness (QED) is 0.829. The van der Waals surface area contributed by atoms with E-state index in [0.717, 1.165) is 16.7 Å². The van der Waals surface area contributed by atoms with E-state index in [0.29, 0.717) is 10.7 Å². The molecule has 0 fully saturated rings. The molecule has 3 heteroatoms. The maximum atomic E-state index is 11.3. The van der Waals surface area contributed by atoms with Gasteiger partial charge in [-0.15, -0.1) is 11.8 Å². The van der Waals surface area contributed by atoms with Gasteiger partial charge in [0.05, 0.1) is 4.91 Å². The van der Waals surface area contributed by atoms with Gasteiger partial charge in [-0.05, 0) is 24.1 Å². The van der Waals surface area contributed by atoms with Crippen LogP contribution in [0.2, 0.25) is 0 Å². The first-order valence-corrected chi connectivity index (χ1v) is 7.32. The first-order valence-electron chi connectivity index (χ1n) is 6.33. The summed E-state index contributed by atoms with van der Waals surface area (Å²) in [7, 11) is 0. The molecule has 2 aromatic rings. The zero-order valence-corrected chi connectivity index (χ0v) is 12.1. The van der Waals surface area contributed by atoms with Crippen molar-refractivity contribution in [2.75, 3.05) is 0 Å². The van der Waals surface area contributed by atoms with E-state index in [1.54, 1.807) is 6.08 Å². The molecule has 0 saturated heterocycles. The number of aryl methyl sites for hydroxylation is 1. The zero-order chi connectivity index (χ0) is 14.4. The van der Waals surface area contributed by atoms with Gasteiger partial charge in [0, 0.05) is 5.75 Å². The summed E-state index contributed by atoms with van der Waals surface area (Å²) >= 11 is 1.34. The van der Waals surface area contributed by atoms with Gasteiger partial charge >= 0.3 is 5.97 Å². The molecule has 0 bridgehead atoms. The average molecular weight is 284 g/mol. The molecule has 0 radical (unpaired) electrons. The number of hydrogen-bond acceptors (Lipinski definition) is 2. The van der Waals surface area contributed by atoms with Gasteiger partial charge in [0.25, 0.3) is 0 Å². The lowest BCUT2D eigenvalue weighted by Gasteiger charge is -2.03. The highest BCUT2D eigenvalue weighted by Gasteiger charge is 2.08. The van der Waals surface area contributed by atoms with Crippen LogP contribution in [0.4, 0.5) is 0 Å². The van der Waals surface area contributed by atoms with Crippen LogP contribution >= 0.6 is 11.8 Å². The second kappa shape index (κ2) is 6.96. The molecule has 0 aliphatic heterocycles. The van der Waals surface area contributed by atoms with E-state index in [4.69, 9.17) is 0 Å². The van der Waals surface area contributed by atoms with Crippen LogP contribution in [-0.4, -0.2) is 11.1 Å². The molecule has 0 aromatic heterocycles. The second-order valence-electron chi connectivity index (χ2n) is 4.50. The summed E-state index contributed by atoms with van der Waals surface area (Å²) in [6, 6.07) is 17.7. The lowest BCUT2D eigenvalue weighted by atomic mass is 10.1. The molecular formula is C17H16O2S. The Balaban J connectivity index is 2.11. The SMILES string of the molecule is Cc1ccc(C=C(SCc2ccccc2)C(=O)O)cc1. The van der Waals surface area contributed by atoms with Crippen LogP contribution in [-0.2, 0) is 10.5 Å². The molecule has 2 nitrogen and oxygen atoms in total. The Bertz CT molecular complexity index is 601. The van der Waals surface area contributed by atoms with Gasteiger partial charge in [-0.25, -0.2) is 4.79 Å². The first-order chi connectivity index (χ1) is 9.65. The highest BCUT2D eigenvalue weighted by Crippen LogP contribution is 2.24. The molecule has 0 amide bonds. The van der Waals surface area contributed by atoms with Crippen molar-refractivity contribution in [3.8, 4) is 0 Å². The molecule has 2 aromatic carbocycles. The third-order valence-corrected chi connectivity index (χ3v) is 3.90. The first kappa shape index (κ1) is 14.4. The fraction of sp³-hybridized carbons (Fsp3) is 0.118. The summed E-state index contributed by atoms with van der Waals surface area (Å²) in [4.78, 5) is 11.7. The van der Waals surface area contributed by atoms with Crippen LogP contribution < -0.4 is 0 Å². The molecule has 0 aliphatic carbocycles. The highest BCUT2D eigenvalue weighted by molar-refractivity contribution is 8.03. The van der Waals surface area contributed by atoms with Crippen molar-refractivity contribution in [1.82, 2.24) is 0 Å². The van der Waals surface area contributed by atoms with Crippen LogP contribution in [0.25, 0.3) is 6.08 Å². The lowest BCUT2D eigenvalue weighted by Crippen LogP contribution is -1.97. The summed E-state index contributed by atoms with van der Waals surface area (Å²) in [6.45, 7) is 2.01. The Morgan fingerprint density at radius 1 is 1.10 bits per heavy atom. The molecule has 0 atom stereocenters. The molecule has 20 heavy (non-hydrogen) atoms.